The lowest BCUT2D eigenvalue weighted by Crippen LogP contribution is -2.10. The van der Waals surface area contributed by atoms with Crippen molar-refractivity contribution in [2.24, 2.45) is 5.73 Å². The fourth-order valence-electron chi connectivity index (χ4n) is 2.23. The molecule has 0 aliphatic heterocycles. The van der Waals surface area contributed by atoms with Crippen molar-refractivity contribution in [3.05, 3.63) is 29.3 Å². The number of fused-ring (bicyclic) bond motifs is 1. The molecule has 1 aliphatic rings. The lowest BCUT2D eigenvalue weighted by Gasteiger charge is -2.21. The Morgan fingerprint density at radius 1 is 1.25 bits per heavy atom. The van der Waals surface area contributed by atoms with Crippen LogP contribution in [0.4, 0.5) is 0 Å². The Bertz CT molecular complexity index is 424. The predicted molar refractivity (Wildman–Crippen MR) is 64.9 cm³/mol. The molecule has 0 fully saturated rings. The fourth-order valence-corrected chi connectivity index (χ4v) is 2.23. The summed E-state index contributed by atoms with van der Waals surface area (Å²) in [5.74, 6) is 1.64. The van der Waals surface area contributed by atoms with Gasteiger partial charge in [-0.05, 0) is 30.0 Å². The van der Waals surface area contributed by atoms with Gasteiger partial charge in [-0.25, -0.2) is 0 Å². The molecule has 0 saturated carbocycles. The summed E-state index contributed by atoms with van der Waals surface area (Å²) >= 11 is 0. The average Bonchev–Trinajstić information content (AvgIpc) is 2.36. The third kappa shape index (κ3) is 1.67. The maximum atomic E-state index is 5.74. The van der Waals surface area contributed by atoms with E-state index in [-0.39, 0.29) is 0 Å². The predicted octanol–water partition coefficient (Wildman–Crippen LogP) is 1.99. The van der Waals surface area contributed by atoms with Gasteiger partial charge in [0.2, 0.25) is 0 Å². The average molecular weight is 219 g/mol. The lowest BCUT2D eigenvalue weighted by atomic mass is 9.90. The van der Waals surface area contributed by atoms with Crippen LogP contribution in [0.15, 0.2) is 18.2 Å². The number of nitrogens with two attached hydrogens (primary N) is 1. The Morgan fingerprint density at radius 2 is 2.06 bits per heavy atom. The summed E-state index contributed by atoms with van der Waals surface area (Å²) in [4.78, 5) is 0. The van der Waals surface area contributed by atoms with Crippen molar-refractivity contribution >= 4 is 5.57 Å². The molecule has 1 aromatic carbocycles. The maximum Gasteiger partial charge on any atom is 0.164 e. The first-order chi connectivity index (χ1) is 7.81. The molecule has 1 aromatic rings. The molecule has 0 unspecified atom stereocenters. The Hall–Kier alpha value is -1.48. The van der Waals surface area contributed by atoms with Crippen LogP contribution in [-0.4, -0.2) is 20.8 Å². The van der Waals surface area contributed by atoms with Crippen LogP contribution >= 0.6 is 0 Å². The van der Waals surface area contributed by atoms with E-state index < -0.39 is 0 Å². The van der Waals surface area contributed by atoms with Gasteiger partial charge in [0.1, 0.15) is 0 Å². The molecule has 0 heterocycles. The van der Waals surface area contributed by atoms with E-state index in [1.54, 1.807) is 14.2 Å². The van der Waals surface area contributed by atoms with Crippen LogP contribution in [0, 0.1) is 0 Å². The summed E-state index contributed by atoms with van der Waals surface area (Å²) in [6.07, 6.45) is 4.20. The third-order valence-corrected chi connectivity index (χ3v) is 3.00. The zero-order valence-electron chi connectivity index (χ0n) is 9.75. The number of benzene rings is 1. The van der Waals surface area contributed by atoms with Gasteiger partial charge in [-0.2, -0.15) is 0 Å². The maximum absolute atomic E-state index is 5.74. The highest BCUT2D eigenvalue weighted by molar-refractivity contribution is 5.74. The Kier molecular flexibility index (Phi) is 3.15. The minimum atomic E-state index is 0.572. The van der Waals surface area contributed by atoms with Crippen LogP contribution in [0.5, 0.6) is 11.5 Å². The van der Waals surface area contributed by atoms with Crippen LogP contribution < -0.4 is 15.2 Å². The van der Waals surface area contributed by atoms with Crippen molar-refractivity contribution in [2.45, 2.75) is 12.8 Å². The molecule has 0 bridgehead atoms. The molecular formula is C13H17NO2. The molecule has 2 rings (SSSR count). The highest BCUT2D eigenvalue weighted by atomic mass is 16.5. The van der Waals surface area contributed by atoms with Crippen molar-refractivity contribution in [1.82, 2.24) is 0 Å². The quantitative estimate of drug-likeness (QED) is 0.845. The second kappa shape index (κ2) is 4.58. The summed E-state index contributed by atoms with van der Waals surface area (Å²) in [5, 5.41) is 0. The SMILES string of the molecule is COc1ccc2c(c1OC)CCC=C2CN. The van der Waals surface area contributed by atoms with Crippen LogP contribution in [0.25, 0.3) is 5.57 Å². The molecule has 0 saturated heterocycles. The van der Waals surface area contributed by atoms with Gasteiger partial charge in [0, 0.05) is 12.1 Å². The van der Waals surface area contributed by atoms with E-state index in [0.717, 1.165) is 24.3 Å². The fraction of sp³-hybridized carbons (Fsp3) is 0.385. The van der Waals surface area contributed by atoms with E-state index in [0.29, 0.717) is 6.54 Å². The van der Waals surface area contributed by atoms with Gasteiger partial charge in [0.15, 0.2) is 11.5 Å². The van der Waals surface area contributed by atoms with Crippen molar-refractivity contribution in [1.29, 1.82) is 0 Å². The van der Waals surface area contributed by atoms with Gasteiger partial charge in [-0.1, -0.05) is 12.1 Å². The van der Waals surface area contributed by atoms with E-state index in [1.807, 2.05) is 6.07 Å². The highest BCUT2D eigenvalue weighted by Crippen LogP contribution is 2.38. The Labute approximate surface area is 95.9 Å². The highest BCUT2D eigenvalue weighted by Gasteiger charge is 2.18. The Morgan fingerprint density at radius 3 is 2.69 bits per heavy atom. The lowest BCUT2D eigenvalue weighted by molar-refractivity contribution is 0.351. The molecule has 0 radical (unpaired) electrons. The van der Waals surface area contributed by atoms with Crippen LogP contribution in [0.2, 0.25) is 0 Å². The van der Waals surface area contributed by atoms with E-state index in [1.165, 1.54) is 16.7 Å². The van der Waals surface area contributed by atoms with Gasteiger partial charge in [0.05, 0.1) is 14.2 Å². The zero-order valence-corrected chi connectivity index (χ0v) is 9.75. The number of hydrogen-bond donors (Lipinski definition) is 1. The Balaban J connectivity index is 2.57. The summed E-state index contributed by atoms with van der Waals surface area (Å²) in [6.45, 7) is 0.572. The van der Waals surface area contributed by atoms with Gasteiger partial charge in [-0.15, -0.1) is 0 Å². The zero-order chi connectivity index (χ0) is 11.5. The molecule has 3 heteroatoms. The molecule has 0 atom stereocenters. The van der Waals surface area contributed by atoms with E-state index in [4.69, 9.17) is 15.2 Å². The van der Waals surface area contributed by atoms with Crippen LogP contribution in [0.3, 0.4) is 0 Å². The smallest absolute Gasteiger partial charge is 0.164 e. The van der Waals surface area contributed by atoms with E-state index in [2.05, 4.69) is 12.1 Å². The molecule has 3 nitrogen and oxygen atoms in total. The molecule has 0 spiro atoms. The first-order valence-electron chi connectivity index (χ1n) is 5.45. The summed E-state index contributed by atoms with van der Waals surface area (Å²) in [7, 11) is 3.34. The molecule has 0 aromatic heterocycles. The third-order valence-electron chi connectivity index (χ3n) is 3.00. The summed E-state index contributed by atoms with van der Waals surface area (Å²) in [5.41, 5.74) is 9.35. The second-order valence-electron chi connectivity index (χ2n) is 3.80. The van der Waals surface area contributed by atoms with Gasteiger partial charge < -0.3 is 15.2 Å². The van der Waals surface area contributed by atoms with Crippen molar-refractivity contribution in [3.8, 4) is 11.5 Å². The molecule has 1 aliphatic carbocycles. The van der Waals surface area contributed by atoms with Crippen molar-refractivity contribution in [2.75, 3.05) is 20.8 Å². The van der Waals surface area contributed by atoms with Crippen LogP contribution in [-0.2, 0) is 6.42 Å². The monoisotopic (exact) mass is 219 g/mol. The number of hydrogen-bond acceptors (Lipinski definition) is 3. The molecular weight excluding hydrogens is 202 g/mol. The van der Waals surface area contributed by atoms with E-state index in [9.17, 15) is 0 Å². The molecule has 86 valence electrons. The molecule has 2 N–H and O–H groups in total. The summed E-state index contributed by atoms with van der Waals surface area (Å²) in [6, 6.07) is 4.00. The minimum absolute atomic E-state index is 0.572. The van der Waals surface area contributed by atoms with Crippen molar-refractivity contribution in [3.63, 3.8) is 0 Å². The van der Waals surface area contributed by atoms with Gasteiger partial charge in [0.25, 0.3) is 0 Å². The number of methoxy groups -OCH3 is 2. The second-order valence-corrected chi connectivity index (χ2v) is 3.80. The topological polar surface area (TPSA) is 44.5 Å². The van der Waals surface area contributed by atoms with Crippen LogP contribution in [0.1, 0.15) is 17.5 Å². The number of ether oxygens (including phenoxy) is 2. The van der Waals surface area contributed by atoms with E-state index >= 15 is 0 Å². The first kappa shape index (κ1) is 11.0. The largest absolute Gasteiger partial charge is 0.493 e. The standard InChI is InChI=1S/C13H17NO2/c1-15-12-7-6-10-9(8-14)4-3-5-11(10)13(12)16-2/h4,6-7H,3,5,8,14H2,1-2H3. The van der Waals surface area contributed by atoms with Crippen molar-refractivity contribution < 1.29 is 9.47 Å². The molecule has 0 amide bonds. The molecule has 16 heavy (non-hydrogen) atoms. The first-order valence-corrected chi connectivity index (χ1v) is 5.45. The van der Waals surface area contributed by atoms with Gasteiger partial charge in [-0.3, -0.25) is 0 Å². The number of allylic oxidation sites excluding steroid dienone is 1. The normalized spacial score (nSPS) is 14.1. The summed E-state index contributed by atoms with van der Waals surface area (Å²) < 4.78 is 10.7. The van der Waals surface area contributed by atoms with Gasteiger partial charge >= 0.3 is 0 Å². The minimum Gasteiger partial charge on any atom is -0.493 e. The number of rotatable bonds is 3.